The third-order valence-corrected chi connectivity index (χ3v) is 6.70. The Kier molecular flexibility index (Phi) is 5.64. The highest BCUT2D eigenvalue weighted by molar-refractivity contribution is 7.15. The molecule has 30 heavy (non-hydrogen) atoms. The molecule has 1 N–H and O–H groups in total. The van der Waals surface area contributed by atoms with Crippen LogP contribution in [-0.2, 0) is 20.8 Å². The number of anilines is 1. The summed E-state index contributed by atoms with van der Waals surface area (Å²) < 4.78 is 26.4. The van der Waals surface area contributed by atoms with Gasteiger partial charge in [0.2, 0.25) is 17.7 Å². The van der Waals surface area contributed by atoms with Gasteiger partial charge >= 0.3 is 0 Å². The number of thiazole rings is 1. The fourth-order valence-electron chi connectivity index (χ4n) is 4.19. The molecule has 9 heteroatoms. The molecule has 2 fully saturated rings. The van der Waals surface area contributed by atoms with Gasteiger partial charge in [-0.15, -0.1) is 11.3 Å². The molecule has 3 unspecified atom stereocenters. The molecule has 2 aromatic rings. The number of hydrogen-bond donors (Lipinski definition) is 1. The molecule has 4 rings (SSSR count). The number of aromatic nitrogens is 1. The topological polar surface area (TPSA) is 79.4 Å². The number of amides is 3. The Bertz CT molecular complexity index is 985. The number of likely N-dealkylation sites (tertiary alicyclic amines) is 1. The smallest absolute Gasteiger partial charge is 0.249 e. The van der Waals surface area contributed by atoms with Crippen LogP contribution in [0.2, 0.25) is 0 Å². The van der Waals surface area contributed by atoms with E-state index >= 15 is 0 Å². The molecule has 0 radical (unpaired) electrons. The molecule has 3 atom stereocenters. The number of nitrogens with one attached hydrogen (secondary N) is 1. The van der Waals surface area contributed by atoms with Crippen LogP contribution in [0.4, 0.5) is 13.9 Å². The fourth-order valence-corrected chi connectivity index (χ4v) is 5.04. The number of halogens is 2. The highest BCUT2D eigenvalue weighted by Crippen LogP contribution is 2.39. The molecule has 2 heterocycles. The minimum absolute atomic E-state index is 0.259. The summed E-state index contributed by atoms with van der Waals surface area (Å²) >= 11 is 1.20. The van der Waals surface area contributed by atoms with Crippen molar-refractivity contribution in [2.24, 2.45) is 11.8 Å². The van der Waals surface area contributed by atoms with Gasteiger partial charge < -0.3 is 5.32 Å². The van der Waals surface area contributed by atoms with Crippen LogP contribution >= 0.6 is 11.3 Å². The lowest BCUT2D eigenvalue weighted by molar-refractivity contribution is -0.146. The highest BCUT2D eigenvalue weighted by atomic mass is 32.1. The van der Waals surface area contributed by atoms with Crippen molar-refractivity contribution in [3.8, 4) is 0 Å². The van der Waals surface area contributed by atoms with Gasteiger partial charge in [-0.3, -0.25) is 19.3 Å². The maximum atomic E-state index is 13.4. The molecule has 0 spiro atoms. The minimum atomic E-state index is -0.922. The van der Waals surface area contributed by atoms with Crippen molar-refractivity contribution < 1.29 is 23.2 Å². The van der Waals surface area contributed by atoms with Gasteiger partial charge in [-0.25, -0.2) is 13.8 Å². The molecule has 3 amide bonds. The summed E-state index contributed by atoms with van der Waals surface area (Å²) in [5.74, 6) is -3.43. The van der Waals surface area contributed by atoms with Gasteiger partial charge in [0.25, 0.3) is 0 Å². The van der Waals surface area contributed by atoms with Crippen LogP contribution in [0.5, 0.6) is 0 Å². The number of carbonyl (C=O) groups is 3. The van der Waals surface area contributed by atoms with Crippen molar-refractivity contribution in [2.75, 3.05) is 5.32 Å². The zero-order valence-electron chi connectivity index (χ0n) is 16.4. The second kappa shape index (κ2) is 8.22. The standard InChI is InChI=1S/C21H21F2N3O3S/c1-11(26-19(28)14-4-2-3-5-15(14)20(26)29)18(27)25-21-24-10-13(30-21)8-12-6-7-16(22)17(23)9-12/h6-7,9-11,14-15H,2-5,8H2,1H3,(H,24,25,27). The average Bonchev–Trinajstić information content (AvgIpc) is 3.26. The Labute approximate surface area is 176 Å². The van der Waals surface area contributed by atoms with Gasteiger partial charge in [0.15, 0.2) is 16.8 Å². The quantitative estimate of drug-likeness (QED) is 0.732. The van der Waals surface area contributed by atoms with Gasteiger partial charge in [-0.2, -0.15) is 0 Å². The van der Waals surface area contributed by atoms with Crippen LogP contribution in [0.25, 0.3) is 0 Å². The van der Waals surface area contributed by atoms with E-state index in [2.05, 4.69) is 10.3 Å². The third-order valence-electron chi connectivity index (χ3n) is 5.79. The maximum Gasteiger partial charge on any atom is 0.249 e. The van der Waals surface area contributed by atoms with Crippen molar-refractivity contribution >= 4 is 34.2 Å². The van der Waals surface area contributed by atoms with Crippen LogP contribution in [0, 0.1) is 23.5 Å². The summed E-state index contributed by atoms with van der Waals surface area (Å²) in [6, 6.07) is 2.76. The predicted molar refractivity (Wildman–Crippen MR) is 107 cm³/mol. The van der Waals surface area contributed by atoms with Crippen LogP contribution < -0.4 is 5.32 Å². The summed E-state index contributed by atoms with van der Waals surface area (Å²) in [5.41, 5.74) is 0.583. The number of imide groups is 1. The molecule has 1 aromatic carbocycles. The maximum absolute atomic E-state index is 13.4. The summed E-state index contributed by atoms with van der Waals surface area (Å²) in [7, 11) is 0. The monoisotopic (exact) mass is 433 g/mol. The number of benzene rings is 1. The first-order valence-electron chi connectivity index (χ1n) is 9.91. The second-order valence-electron chi connectivity index (χ2n) is 7.77. The first-order valence-corrected chi connectivity index (χ1v) is 10.7. The second-order valence-corrected chi connectivity index (χ2v) is 8.88. The van der Waals surface area contributed by atoms with E-state index in [4.69, 9.17) is 0 Å². The van der Waals surface area contributed by atoms with Gasteiger partial charge in [0.1, 0.15) is 6.04 Å². The van der Waals surface area contributed by atoms with E-state index in [1.807, 2.05) is 0 Å². The van der Waals surface area contributed by atoms with Crippen LogP contribution in [0.1, 0.15) is 43.0 Å². The molecule has 1 saturated heterocycles. The van der Waals surface area contributed by atoms with Crippen molar-refractivity contribution in [1.82, 2.24) is 9.88 Å². The molecule has 1 aliphatic heterocycles. The number of nitrogens with zero attached hydrogens (tertiary/aromatic N) is 2. The average molecular weight is 433 g/mol. The lowest BCUT2D eigenvalue weighted by Gasteiger charge is -2.21. The van der Waals surface area contributed by atoms with E-state index < -0.39 is 23.6 Å². The van der Waals surface area contributed by atoms with Crippen molar-refractivity contribution in [2.45, 2.75) is 45.1 Å². The van der Waals surface area contributed by atoms with E-state index in [-0.39, 0.29) is 23.7 Å². The Morgan fingerprint density at radius 3 is 2.50 bits per heavy atom. The van der Waals surface area contributed by atoms with Gasteiger partial charge in [-0.1, -0.05) is 18.9 Å². The number of rotatable bonds is 5. The first kappa shape index (κ1) is 20.6. The van der Waals surface area contributed by atoms with E-state index in [9.17, 15) is 23.2 Å². The lowest BCUT2D eigenvalue weighted by Crippen LogP contribution is -2.46. The number of fused-ring (bicyclic) bond motifs is 1. The molecule has 6 nitrogen and oxygen atoms in total. The van der Waals surface area contributed by atoms with E-state index in [0.717, 1.165) is 34.8 Å². The lowest BCUT2D eigenvalue weighted by atomic mass is 9.81. The predicted octanol–water partition coefficient (Wildman–Crippen LogP) is 3.51. The van der Waals surface area contributed by atoms with Gasteiger partial charge in [-0.05, 0) is 37.5 Å². The van der Waals surface area contributed by atoms with E-state index in [0.29, 0.717) is 30.0 Å². The van der Waals surface area contributed by atoms with Crippen molar-refractivity contribution in [3.63, 3.8) is 0 Å². The molecule has 1 aliphatic carbocycles. The molecule has 0 bridgehead atoms. The molecular formula is C21H21F2N3O3S. The molecule has 158 valence electrons. The third kappa shape index (κ3) is 3.86. The zero-order valence-corrected chi connectivity index (χ0v) is 17.2. The van der Waals surface area contributed by atoms with E-state index in [1.54, 1.807) is 6.20 Å². The van der Waals surface area contributed by atoms with Gasteiger partial charge in [0, 0.05) is 17.5 Å². The van der Waals surface area contributed by atoms with Crippen LogP contribution in [0.3, 0.4) is 0 Å². The first-order chi connectivity index (χ1) is 14.3. The van der Waals surface area contributed by atoms with Crippen LogP contribution in [-0.4, -0.2) is 33.6 Å². The Morgan fingerprint density at radius 2 is 1.87 bits per heavy atom. The summed E-state index contributed by atoms with van der Waals surface area (Å²) in [6.45, 7) is 1.54. The van der Waals surface area contributed by atoms with Gasteiger partial charge in [0.05, 0.1) is 11.8 Å². The minimum Gasteiger partial charge on any atom is -0.300 e. The normalized spacial score (nSPS) is 22.2. The van der Waals surface area contributed by atoms with Crippen molar-refractivity contribution in [3.05, 3.63) is 46.5 Å². The summed E-state index contributed by atoms with van der Waals surface area (Å²) in [4.78, 5) is 44.0. The number of carbonyl (C=O) groups excluding carboxylic acids is 3. The van der Waals surface area contributed by atoms with Crippen molar-refractivity contribution in [1.29, 1.82) is 0 Å². The molecule has 1 aromatic heterocycles. The SMILES string of the molecule is CC(C(=O)Nc1ncc(Cc2ccc(F)c(F)c2)s1)N1C(=O)C2CCCCC2C1=O. The van der Waals surface area contributed by atoms with E-state index in [1.165, 1.54) is 24.3 Å². The molecule has 1 saturated carbocycles. The summed E-state index contributed by atoms with van der Waals surface area (Å²) in [5, 5.41) is 2.98. The zero-order chi connectivity index (χ0) is 21.4. The Hall–Kier alpha value is -2.68. The largest absolute Gasteiger partial charge is 0.300 e. The number of hydrogen-bond acceptors (Lipinski definition) is 5. The Morgan fingerprint density at radius 1 is 1.20 bits per heavy atom. The summed E-state index contributed by atoms with van der Waals surface area (Å²) in [6.07, 6.45) is 5.13. The fraction of sp³-hybridized carbons (Fsp3) is 0.429. The Balaban J connectivity index is 1.41. The molecule has 2 aliphatic rings. The highest BCUT2D eigenvalue weighted by Gasteiger charge is 2.50. The molecular weight excluding hydrogens is 412 g/mol. The van der Waals surface area contributed by atoms with Crippen LogP contribution in [0.15, 0.2) is 24.4 Å².